The molecule has 7 heteroatoms. The third-order valence-corrected chi connectivity index (χ3v) is 6.05. The number of nitrogens with zero attached hydrogens (tertiary/aromatic N) is 2. The zero-order chi connectivity index (χ0) is 17.1. The number of rotatable bonds is 5. The fourth-order valence-electron chi connectivity index (χ4n) is 3.66. The van der Waals surface area contributed by atoms with Crippen LogP contribution in [0, 0.1) is 0 Å². The number of alkyl carbamates (subject to hydrolysis) is 1. The molecule has 3 fully saturated rings. The Bertz CT molecular complexity index is 822. The lowest BCUT2D eigenvalue weighted by atomic mass is 9.85. The number of aromatic nitrogens is 2. The fourth-order valence-corrected chi connectivity index (χ4v) is 3.79. The van der Waals surface area contributed by atoms with Crippen LogP contribution in [0.5, 0.6) is 0 Å². The number of halogens is 1. The highest BCUT2D eigenvalue weighted by Gasteiger charge is 2.88. The monoisotopic (exact) mass is 359 g/mol. The predicted molar refractivity (Wildman–Crippen MR) is 89.3 cm³/mol. The van der Waals surface area contributed by atoms with Crippen LogP contribution in [-0.2, 0) is 16.8 Å². The normalized spacial score (nSPS) is 29.5. The molecule has 25 heavy (non-hydrogen) atoms. The molecule has 0 saturated heterocycles. The molecule has 130 valence electrons. The Morgan fingerprint density at radius 1 is 1.28 bits per heavy atom. The molecular formula is C18H18ClN3O3. The highest BCUT2D eigenvalue weighted by Crippen LogP contribution is 2.78. The first-order valence-corrected chi connectivity index (χ1v) is 9.01. The van der Waals surface area contributed by atoms with Crippen molar-refractivity contribution in [3.63, 3.8) is 0 Å². The minimum atomic E-state index is -0.409. The average Bonchev–Trinajstić information content (AvgIpc) is 3.24. The molecule has 1 N–H and O–H groups in total. The van der Waals surface area contributed by atoms with Gasteiger partial charge < -0.3 is 14.5 Å². The predicted octanol–water partition coefficient (Wildman–Crippen LogP) is 3.70. The minimum Gasteiger partial charge on any atom is -0.445 e. The van der Waals surface area contributed by atoms with Gasteiger partial charge >= 0.3 is 6.09 Å². The molecule has 0 atom stereocenters. The van der Waals surface area contributed by atoms with E-state index in [2.05, 4.69) is 15.5 Å². The van der Waals surface area contributed by atoms with Crippen LogP contribution in [0.15, 0.2) is 28.7 Å². The van der Waals surface area contributed by atoms with Crippen LogP contribution in [0.4, 0.5) is 4.79 Å². The molecular weight excluding hydrogens is 342 g/mol. The molecule has 1 aromatic heterocycles. The van der Waals surface area contributed by atoms with E-state index in [1.54, 1.807) is 12.1 Å². The Hall–Kier alpha value is -2.08. The van der Waals surface area contributed by atoms with Gasteiger partial charge in [0, 0.05) is 10.9 Å². The summed E-state index contributed by atoms with van der Waals surface area (Å²) in [6.45, 7) is 0.221. The summed E-state index contributed by atoms with van der Waals surface area (Å²) in [4.78, 5) is 12.1. The highest BCUT2D eigenvalue weighted by atomic mass is 35.5. The van der Waals surface area contributed by atoms with E-state index in [1.165, 1.54) is 6.42 Å². The first kappa shape index (κ1) is 15.2. The molecule has 0 spiro atoms. The van der Waals surface area contributed by atoms with Crippen LogP contribution in [0.2, 0.25) is 5.02 Å². The third kappa shape index (κ3) is 2.42. The lowest BCUT2D eigenvalue weighted by Crippen LogP contribution is -2.31. The standard InChI is InChI=1S/C18H18ClN3O3/c19-13-6-4-11(5-7-13)8-24-16(23)20-18-9-17(18,10-18)15-22-21-14(25-15)12-2-1-3-12/h4-7,12H,1-3,8-10H2,(H,20,23). The molecule has 5 rings (SSSR count). The summed E-state index contributed by atoms with van der Waals surface area (Å²) in [6.07, 6.45) is 4.79. The fraction of sp³-hybridized carbons (Fsp3) is 0.500. The van der Waals surface area contributed by atoms with Crippen molar-refractivity contribution in [2.45, 2.75) is 55.6 Å². The molecule has 0 radical (unpaired) electrons. The van der Waals surface area contributed by atoms with Crippen molar-refractivity contribution in [2.24, 2.45) is 0 Å². The van der Waals surface area contributed by atoms with E-state index < -0.39 is 6.09 Å². The van der Waals surface area contributed by atoms with Crippen molar-refractivity contribution >= 4 is 17.7 Å². The van der Waals surface area contributed by atoms with Gasteiger partial charge in [0.15, 0.2) is 0 Å². The van der Waals surface area contributed by atoms with E-state index >= 15 is 0 Å². The second kappa shape index (κ2) is 5.21. The number of carbonyl (C=O) groups is 1. The SMILES string of the molecule is O=C(NC12CC1(c1nnc(C3CCC3)o1)C2)OCc1ccc(Cl)cc1. The second-order valence-electron chi connectivity index (χ2n) is 7.42. The Morgan fingerprint density at radius 3 is 2.72 bits per heavy atom. The Balaban J connectivity index is 1.17. The number of nitrogens with one attached hydrogen (secondary N) is 1. The van der Waals surface area contributed by atoms with Crippen molar-refractivity contribution in [2.75, 3.05) is 0 Å². The Morgan fingerprint density at radius 2 is 2.04 bits per heavy atom. The third-order valence-electron chi connectivity index (χ3n) is 5.80. The summed E-state index contributed by atoms with van der Waals surface area (Å²) in [7, 11) is 0. The topological polar surface area (TPSA) is 77.3 Å². The minimum absolute atomic E-state index is 0.151. The summed E-state index contributed by atoms with van der Waals surface area (Å²) in [5.74, 6) is 1.86. The quantitative estimate of drug-likeness (QED) is 0.880. The van der Waals surface area contributed by atoms with E-state index in [0.29, 0.717) is 16.8 Å². The molecule has 0 aliphatic heterocycles. The summed E-state index contributed by atoms with van der Waals surface area (Å²) < 4.78 is 11.2. The first-order valence-electron chi connectivity index (χ1n) is 8.64. The second-order valence-corrected chi connectivity index (χ2v) is 7.86. The molecule has 1 amide bonds. The van der Waals surface area contributed by atoms with Gasteiger partial charge in [-0.15, -0.1) is 10.2 Å². The first-order chi connectivity index (χ1) is 12.1. The van der Waals surface area contributed by atoms with E-state index in [-0.39, 0.29) is 17.6 Å². The number of amides is 1. The molecule has 3 saturated carbocycles. The van der Waals surface area contributed by atoms with Gasteiger partial charge in [-0.1, -0.05) is 30.2 Å². The lowest BCUT2D eigenvalue weighted by molar-refractivity contribution is 0.137. The number of hydrogen-bond donors (Lipinski definition) is 1. The van der Waals surface area contributed by atoms with E-state index in [0.717, 1.165) is 37.1 Å². The Kier molecular flexibility index (Phi) is 3.17. The smallest absolute Gasteiger partial charge is 0.407 e. The van der Waals surface area contributed by atoms with Gasteiger partial charge in [0.2, 0.25) is 11.8 Å². The Labute approximate surface area is 149 Å². The molecule has 0 bridgehead atoms. The maximum atomic E-state index is 12.1. The van der Waals surface area contributed by atoms with Crippen molar-refractivity contribution in [1.29, 1.82) is 0 Å². The molecule has 3 aliphatic rings. The van der Waals surface area contributed by atoms with Crippen molar-refractivity contribution in [3.05, 3.63) is 46.6 Å². The van der Waals surface area contributed by atoms with Crippen molar-refractivity contribution < 1.29 is 13.9 Å². The van der Waals surface area contributed by atoms with Crippen LogP contribution in [-0.4, -0.2) is 21.8 Å². The van der Waals surface area contributed by atoms with Gasteiger partial charge in [-0.3, -0.25) is 0 Å². The summed E-state index contributed by atoms with van der Waals surface area (Å²) in [5, 5.41) is 12.1. The van der Waals surface area contributed by atoms with Crippen LogP contribution in [0.3, 0.4) is 0 Å². The van der Waals surface area contributed by atoms with Crippen molar-refractivity contribution in [1.82, 2.24) is 15.5 Å². The lowest BCUT2D eigenvalue weighted by Gasteiger charge is -2.20. The van der Waals surface area contributed by atoms with Gasteiger partial charge in [-0.2, -0.15) is 0 Å². The number of hydrogen-bond acceptors (Lipinski definition) is 5. The number of carbonyl (C=O) groups excluding carboxylic acids is 1. The maximum Gasteiger partial charge on any atom is 0.407 e. The molecule has 2 aromatic rings. The van der Waals surface area contributed by atoms with Gasteiger partial charge in [0.1, 0.15) is 6.61 Å². The van der Waals surface area contributed by atoms with Crippen LogP contribution in [0.1, 0.15) is 55.4 Å². The van der Waals surface area contributed by atoms with E-state index in [9.17, 15) is 4.79 Å². The molecule has 1 heterocycles. The summed E-state index contributed by atoms with van der Waals surface area (Å²) >= 11 is 5.84. The van der Waals surface area contributed by atoms with Gasteiger partial charge in [-0.25, -0.2) is 4.79 Å². The molecule has 1 aromatic carbocycles. The zero-order valence-corrected chi connectivity index (χ0v) is 14.4. The van der Waals surface area contributed by atoms with Crippen LogP contribution < -0.4 is 5.32 Å². The van der Waals surface area contributed by atoms with Gasteiger partial charge in [0.25, 0.3) is 0 Å². The van der Waals surface area contributed by atoms with E-state index in [1.807, 2.05) is 12.1 Å². The van der Waals surface area contributed by atoms with Gasteiger partial charge in [-0.05, 0) is 43.4 Å². The summed E-state index contributed by atoms with van der Waals surface area (Å²) in [6, 6.07) is 7.23. The highest BCUT2D eigenvalue weighted by molar-refractivity contribution is 6.30. The average molecular weight is 360 g/mol. The number of ether oxygens (including phenoxy) is 1. The molecule has 0 unspecified atom stereocenters. The largest absolute Gasteiger partial charge is 0.445 e. The number of fused-ring (bicyclic) bond motifs is 1. The van der Waals surface area contributed by atoms with Crippen molar-refractivity contribution in [3.8, 4) is 0 Å². The molecule has 3 aliphatic carbocycles. The molecule has 6 nitrogen and oxygen atoms in total. The van der Waals surface area contributed by atoms with Gasteiger partial charge in [0.05, 0.1) is 11.0 Å². The van der Waals surface area contributed by atoms with E-state index in [4.69, 9.17) is 20.8 Å². The van der Waals surface area contributed by atoms with Crippen LogP contribution in [0.25, 0.3) is 0 Å². The summed E-state index contributed by atoms with van der Waals surface area (Å²) in [5.41, 5.74) is 0.506. The number of benzene rings is 1. The van der Waals surface area contributed by atoms with Crippen LogP contribution >= 0.6 is 11.6 Å². The zero-order valence-electron chi connectivity index (χ0n) is 13.6. The maximum absolute atomic E-state index is 12.1.